The standard InChI is InChI=1S/C20H29N7O/c1-16-15-18(24-8-4-3-5-9-24)23-20(22-16)26-13-11-25(12-14-26)19(28)17(2)27-10-6-7-21-27/h6-7,10,15,17H,3-5,8-9,11-14H2,1-2H3. The Morgan fingerprint density at radius 2 is 1.75 bits per heavy atom. The van der Waals surface area contributed by atoms with Gasteiger partial charge in [0.25, 0.3) is 0 Å². The second-order valence-corrected chi connectivity index (χ2v) is 7.69. The number of aromatic nitrogens is 4. The molecule has 2 fully saturated rings. The van der Waals surface area contributed by atoms with Gasteiger partial charge in [0.1, 0.15) is 11.9 Å². The Bertz CT molecular complexity index is 793. The topological polar surface area (TPSA) is 70.4 Å². The van der Waals surface area contributed by atoms with Crippen LogP contribution in [0.2, 0.25) is 0 Å². The van der Waals surface area contributed by atoms with Gasteiger partial charge in [-0.1, -0.05) is 0 Å². The van der Waals surface area contributed by atoms with E-state index in [0.717, 1.165) is 43.6 Å². The molecule has 1 atom stereocenters. The average molecular weight is 384 g/mol. The lowest BCUT2D eigenvalue weighted by Crippen LogP contribution is -2.51. The molecule has 0 radical (unpaired) electrons. The lowest BCUT2D eigenvalue weighted by molar-refractivity contribution is -0.134. The molecular formula is C20H29N7O. The van der Waals surface area contributed by atoms with Crippen molar-refractivity contribution in [1.29, 1.82) is 0 Å². The van der Waals surface area contributed by atoms with Gasteiger partial charge in [-0.2, -0.15) is 10.1 Å². The predicted molar refractivity (Wildman–Crippen MR) is 109 cm³/mol. The van der Waals surface area contributed by atoms with Gasteiger partial charge in [-0.05, 0) is 39.2 Å². The van der Waals surface area contributed by atoms with Crippen LogP contribution < -0.4 is 9.80 Å². The number of rotatable bonds is 4. The molecule has 1 amide bonds. The van der Waals surface area contributed by atoms with E-state index in [9.17, 15) is 4.79 Å². The molecule has 4 heterocycles. The SMILES string of the molecule is Cc1cc(N2CCCCC2)nc(N2CCN(C(=O)C(C)n3cccn3)CC2)n1. The fraction of sp³-hybridized carbons (Fsp3) is 0.600. The van der Waals surface area contributed by atoms with E-state index in [0.29, 0.717) is 13.1 Å². The summed E-state index contributed by atoms with van der Waals surface area (Å²) in [5.41, 5.74) is 0.997. The lowest BCUT2D eigenvalue weighted by Gasteiger charge is -2.36. The monoisotopic (exact) mass is 383 g/mol. The largest absolute Gasteiger partial charge is 0.356 e. The van der Waals surface area contributed by atoms with E-state index in [-0.39, 0.29) is 11.9 Å². The van der Waals surface area contributed by atoms with Gasteiger partial charge in [0.15, 0.2) is 0 Å². The van der Waals surface area contributed by atoms with Crippen LogP contribution in [0.15, 0.2) is 24.5 Å². The Morgan fingerprint density at radius 3 is 2.43 bits per heavy atom. The Hall–Kier alpha value is -2.64. The van der Waals surface area contributed by atoms with Crippen molar-refractivity contribution < 1.29 is 4.79 Å². The molecule has 0 aliphatic carbocycles. The summed E-state index contributed by atoms with van der Waals surface area (Å²) in [7, 11) is 0. The van der Waals surface area contributed by atoms with E-state index in [2.05, 4.69) is 25.9 Å². The molecule has 4 rings (SSSR count). The van der Waals surface area contributed by atoms with E-state index in [1.165, 1.54) is 19.3 Å². The number of aryl methyl sites for hydroxylation is 1. The predicted octanol–water partition coefficient (Wildman–Crippen LogP) is 1.88. The van der Waals surface area contributed by atoms with Gasteiger partial charge in [-0.15, -0.1) is 0 Å². The van der Waals surface area contributed by atoms with Crippen molar-refractivity contribution in [2.75, 3.05) is 49.1 Å². The van der Waals surface area contributed by atoms with E-state index < -0.39 is 0 Å². The molecule has 8 nitrogen and oxygen atoms in total. The highest BCUT2D eigenvalue weighted by molar-refractivity contribution is 5.80. The number of piperidine rings is 1. The Balaban J connectivity index is 1.41. The van der Waals surface area contributed by atoms with Crippen molar-refractivity contribution in [3.8, 4) is 0 Å². The molecule has 150 valence electrons. The molecule has 8 heteroatoms. The van der Waals surface area contributed by atoms with E-state index in [1.54, 1.807) is 10.9 Å². The second kappa shape index (κ2) is 8.16. The molecule has 0 bridgehead atoms. The van der Waals surface area contributed by atoms with Crippen LogP contribution in [0.3, 0.4) is 0 Å². The molecule has 2 aromatic rings. The Labute approximate surface area is 166 Å². The third-order valence-electron chi connectivity index (χ3n) is 5.66. The first kappa shape index (κ1) is 18.7. The second-order valence-electron chi connectivity index (χ2n) is 7.69. The number of carbonyl (C=O) groups is 1. The minimum absolute atomic E-state index is 0.113. The van der Waals surface area contributed by atoms with Gasteiger partial charge < -0.3 is 14.7 Å². The maximum atomic E-state index is 12.8. The zero-order valence-corrected chi connectivity index (χ0v) is 16.8. The average Bonchev–Trinajstić information content (AvgIpc) is 3.28. The van der Waals surface area contributed by atoms with Crippen molar-refractivity contribution in [2.45, 2.75) is 39.2 Å². The van der Waals surface area contributed by atoms with Gasteiger partial charge in [0.2, 0.25) is 11.9 Å². The summed E-state index contributed by atoms with van der Waals surface area (Å²) in [5, 5.41) is 4.19. The highest BCUT2D eigenvalue weighted by Gasteiger charge is 2.27. The number of hydrogen-bond donors (Lipinski definition) is 0. The van der Waals surface area contributed by atoms with E-state index >= 15 is 0 Å². The van der Waals surface area contributed by atoms with Crippen molar-refractivity contribution in [1.82, 2.24) is 24.6 Å². The Morgan fingerprint density at radius 1 is 1.00 bits per heavy atom. The van der Waals surface area contributed by atoms with Crippen LogP contribution in [-0.4, -0.2) is 69.8 Å². The normalized spacial score (nSPS) is 19.0. The van der Waals surface area contributed by atoms with Crippen LogP contribution in [0, 0.1) is 6.92 Å². The van der Waals surface area contributed by atoms with Crippen molar-refractivity contribution in [3.63, 3.8) is 0 Å². The fourth-order valence-corrected chi connectivity index (χ4v) is 3.98. The van der Waals surface area contributed by atoms with Crippen molar-refractivity contribution >= 4 is 17.7 Å². The molecular weight excluding hydrogens is 354 g/mol. The third kappa shape index (κ3) is 3.95. The summed E-state index contributed by atoms with van der Waals surface area (Å²) in [5.74, 6) is 1.93. The van der Waals surface area contributed by atoms with E-state index in [4.69, 9.17) is 4.98 Å². The minimum atomic E-state index is -0.275. The molecule has 2 aliphatic heterocycles. The highest BCUT2D eigenvalue weighted by Crippen LogP contribution is 2.22. The third-order valence-corrected chi connectivity index (χ3v) is 5.66. The van der Waals surface area contributed by atoms with Gasteiger partial charge >= 0.3 is 0 Å². The molecule has 2 saturated heterocycles. The lowest BCUT2D eigenvalue weighted by atomic mass is 10.1. The summed E-state index contributed by atoms with van der Waals surface area (Å²) in [6.07, 6.45) is 7.31. The van der Waals surface area contributed by atoms with Crippen LogP contribution in [0.25, 0.3) is 0 Å². The molecule has 0 saturated carbocycles. The van der Waals surface area contributed by atoms with Crippen LogP contribution in [0.4, 0.5) is 11.8 Å². The number of nitrogens with zero attached hydrogens (tertiary/aromatic N) is 7. The van der Waals surface area contributed by atoms with Crippen LogP contribution in [-0.2, 0) is 4.79 Å². The summed E-state index contributed by atoms with van der Waals surface area (Å²) in [6, 6.07) is 3.65. The molecule has 2 aliphatic rings. The summed E-state index contributed by atoms with van der Waals surface area (Å²) in [6.45, 7) is 8.94. The molecule has 0 aromatic carbocycles. The molecule has 1 unspecified atom stereocenters. The van der Waals surface area contributed by atoms with Crippen LogP contribution in [0.5, 0.6) is 0 Å². The molecule has 0 N–H and O–H groups in total. The summed E-state index contributed by atoms with van der Waals surface area (Å²) >= 11 is 0. The number of piperazine rings is 1. The first-order valence-corrected chi connectivity index (χ1v) is 10.3. The first-order valence-electron chi connectivity index (χ1n) is 10.3. The molecule has 0 spiro atoms. The molecule has 2 aromatic heterocycles. The summed E-state index contributed by atoms with van der Waals surface area (Å²) < 4.78 is 1.71. The maximum Gasteiger partial charge on any atom is 0.247 e. The fourth-order valence-electron chi connectivity index (χ4n) is 3.98. The number of carbonyl (C=O) groups excluding carboxylic acids is 1. The van der Waals surface area contributed by atoms with Gasteiger partial charge in [-0.25, -0.2) is 4.98 Å². The quantitative estimate of drug-likeness (QED) is 0.803. The molecule has 28 heavy (non-hydrogen) atoms. The van der Waals surface area contributed by atoms with E-state index in [1.807, 2.05) is 31.0 Å². The summed E-state index contributed by atoms with van der Waals surface area (Å²) in [4.78, 5) is 28.8. The number of anilines is 2. The maximum absolute atomic E-state index is 12.8. The van der Waals surface area contributed by atoms with Gasteiger partial charge in [-0.3, -0.25) is 9.48 Å². The number of hydrogen-bond acceptors (Lipinski definition) is 6. The first-order chi connectivity index (χ1) is 13.6. The van der Waals surface area contributed by atoms with Gasteiger partial charge in [0.05, 0.1) is 0 Å². The zero-order valence-electron chi connectivity index (χ0n) is 16.8. The zero-order chi connectivity index (χ0) is 19.5. The van der Waals surface area contributed by atoms with Gasteiger partial charge in [0, 0.05) is 63.4 Å². The number of amides is 1. The highest BCUT2D eigenvalue weighted by atomic mass is 16.2. The Kier molecular flexibility index (Phi) is 5.45. The van der Waals surface area contributed by atoms with Crippen LogP contribution >= 0.6 is 0 Å². The smallest absolute Gasteiger partial charge is 0.247 e. The van der Waals surface area contributed by atoms with Crippen molar-refractivity contribution in [3.05, 3.63) is 30.2 Å². The minimum Gasteiger partial charge on any atom is -0.356 e. The van der Waals surface area contributed by atoms with Crippen molar-refractivity contribution in [2.24, 2.45) is 0 Å². The van der Waals surface area contributed by atoms with Crippen LogP contribution in [0.1, 0.15) is 37.9 Å².